The van der Waals surface area contributed by atoms with E-state index in [1.165, 1.54) is 6.42 Å². The molecule has 0 bridgehead atoms. The summed E-state index contributed by atoms with van der Waals surface area (Å²) in [5, 5.41) is 4.09. The minimum absolute atomic E-state index is 0.0657. The molecule has 1 aromatic rings. The summed E-state index contributed by atoms with van der Waals surface area (Å²) >= 11 is 6.09. The van der Waals surface area contributed by atoms with Crippen LogP contribution >= 0.6 is 11.6 Å². The van der Waals surface area contributed by atoms with E-state index in [1.54, 1.807) is 14.2 Å². The zero-order chi connectivity index (χ0) is 13.0. The van der Waals surface area contributed by atoms with Crippen LogP contribution in [0.4, 0.5) is 0 Å². The van der Waals surface area contributed by atoms with Crippen LogP contribution in [0, 0.1) is 0 Å². The summed E-state index contributed by atoms with van der Waals surface area (Å²) in [5.74, 6) is 0.716. The van der Waals surface area contributed by atoms with E-state index in [2.05, 4.69) is 5.32 Å². The van der Waals surface area contributed by atoms with Gasteiger partial charge in [-0.25, -0.2) is 0 Å². The van der Waals surface area contributed by atoms with E-state index in [1.807, 2.05) is 18.2 Å². The van der Waals surface area contributed by atoms with Crippen LogP contribution in [-0.4, -0.2) is 26.4 Å². The molecular weight excluding hydrogens is 250 g/mol. The standard InChI is InChI=1S/C14H20ClNO2/c1-17-13-5-4-11(8-12(13)15)9-16-10-14(18-2)6-3-7-14/h4-5,8,16H,3,6-7,9-10H2,1-2H3. The molecule has 18 heavy (non-hydrogen) atoms. The van der Waals surface area contributed by atoms with Crippen LogP contribution in [0.5, 0.6) is 5.75 Å². The van der Waals surface area contributed by atoms with Gasteiger partial charge in [-0.3, -0.25) is 0 Å². The molecule has 0 saturated heterocycles. The lowest BCUT2D eigenvalue weighted by Crippen LogP contribution is -2.47. The van der Waals surface area contributed by atoms with Crippen molar-refractivity contribution in [1.82, 2.24) is 5.32 Å². The molecule has 100 valence electrons. The summed E-state index contributed by atoms with van der Waals surface area (Å²) in [7, 11) is 3.42. The molecular formula is C14H20ClNO2. The van der Waals surface area contributed by atoms with Gasteiger partial charge >= 0.3 is 0 Å². The SMILES string of the molecule is COc1ccc(CNCC2(OC)CCC2)cc1Cl. The molecule has 1 fully saturated rings. The lowest BCUT2D eigenvalue weighted by Gasteiger charge is -2.40. The van der Waals surface area contributed by atoms with Gasteiger partial charge in [0.2, 0.25) is 0 Å². The first-order valence-corrected chi connectivity index (χ1v) is 6.65. The highest BCUT2D eigenvalue weighted by Crippen LogP contribution is 2.34. The van der Waals surface area contributed by atoms with E-state index in [-0.39, 0.29) is 5.60 Å². The van der Waals surface area contributed by atoms with Gasteiger partial charge < -0.3 is 14.8 Å². The second-order valence-corrected chi connectivity index (χ2v) is 5.22. The Hall–Kier alpha value is -0.770. The number of hydrogen-bond donors (Lipinski definition) is 1. The van der Waals surface area contributed by atoms with Crippen molar-refractivity contribution in [3.05, 3.63) is 28.8 Å². The van der Waals surface area contributed by atoms with Crippen molar-refractivity contribution < 1.29 is 9.47 Å². The number of methoxy groups -OCH3 is 2. The Bertz CT molecular complexity index is 399. The van der Waals surface area contributed by atoms with Crippen LogP contribution in [0.3, 0.4) is 0 Å². The van der Waals surface area contributed by atoms with E-state index in [9.17, 15) is 0 Å². The summed E-state index contributed by atoms with van der Waals surface area (Å²) in [5.41, 5.74) is 1.22. The van der Waals surface area contributed by atoms with Crippen LogP contribution in [0.1, 0.15) is 24.8 Å². The molecule has 1 aliphatic rings. The first kappa shape index (κ1) is 13.7. The topological polar surface area (TPSA) is 30.5 Å². The van der Waals surface area contributed by atoms with Gasteiger partial charge in [-0.05, 0) is 37.0 Å². The molecule has 4 heteroatoms. The Morgan fingerprint density at radius 1 is 1.33 bits per heavy atom. The third-order valence-corrected chi connectivity index (χ3v) is 3.99. The van der Waals surface area contributed by atoms with Gasteiger partial charge in [0.05, 0.1) is 17.7 Å². The van der Waals surface area contributed by atoms with Gasteiger partial charge in [-0.15, -0.1) is 0 Å². The van der Waals surface area contributed by atoms with E-state index in [4.69, 9.17) is 21.1 Å². The van der Waals surface area contributed by atoms with Gasteiger partial charge in [0.25, 0.3) is 0 Å². The quantitative estimate of drug-likeness (QED) is 0.861. The van der Waals surface area contributed by atoms with Crippen molar-refractivity contribution in [3.8, 4) is 5.75 Å². The molecule has 0 aromatic heterocycles. The summed E-state index contributed by atoms with van der Waals surface area (Å²) in [6.45, 7) is 1.70. The molecule has 0 spiro atoms. The summed E-state index contributed by atoms with van der Waals surface area (Å²) in [4.78, 5) is 0. The number of nitrogens with one attached hydrogen (secondary N) is 1. The summed E-state index contributed by atoms with van der Waals surface area (Å²) < 4.78 is 10.7. The lowest BCUT2D eigenvalue weighted by molar-refractivity contribution is -0.0695. The maximum Gasteiger partial charge on any atom is 0.137 e. The number of rotatable bonds is 6. The lowest BCUT2D eigenvalue weighted by atomic mass is 9.80. The first-order chi connectivity index (χ1) is 8.69. The zero-order valence-corrected chi connectivity index (χ0v) is 11.7. The Labute approximate surface area is 113 Å². The molecule has 0 unspecified atom stereocenters. The molecule has 1 saturated carbocycles. The first-order valence-electron chi connectivity index (χ1n) is 6.27. The Morgan fingerprint density at radius 2 is 2.11 bits per heavy atom. The second-order valence-electron chi connectivity index (χ2n) is 4.81. The molecule has 0 amide bonds. The van der Waals surface area contributed by atoms with Gasteiger partial charge in [0, 0.05) is 20.2 Å². The monoisotopic (exact) mass is 269 g/mol. The highest BCUT2D eigenvalue weighted by molar-refractivity contribution is 6.32. The third kappa shape index (κ3) is 2.97. The van der Waals surface area contributed by atoms with Crippen molar-refractivity contribution in [2.24, 2.45) is 0 Å². The van der Waals surface area contributed by atoms with Crippen LogP contribution < -0.4 is 10.1 Å². The predicted molar refractivity (Wildman–Crippen MR) is 73.3 cm³/mol. The van der Waals surface area contributed by atoms with E-state index < -0.39 is 0 Å². The van der Waals surface area contributed by atoms with Gasteiger partial charge in [-0.1, -0.05) is 17.7 Å². The molecule has 2 rings (SSSR count). The molecule has 1 aromatic carbocycles. The van der Waals surface area contributed by atoms with Crippen molar-refractivity contribution in [3.63, 3.8) is 0 Å². The minimum Gasteiger partial charge on any atom is -0.495 e. The number of benzene rings is 1. The Kier molecular flexibility index (Phi) is 4.49. The molecule has 0 aliphatic heterocycles. The average molecular weight is 270 g/mol. The maximum atomic E-state index is 6.09. The van der Waals surface area contributed by atoms with Crippen LogP contribution in [0.15, 0.2) is 18.2 Å². The fourth-order valence-electron chi connectivity index (χ4n) is 2.28. The average Bonchev–Trinajstić information content (AvgIpc) is 2.33. The fourth-order valence-corrected chi connectivity index (χ4v) is 2.56. The van der Waals surface area contributed by atoms with E-state index in [0.29, 0.717) is 10.8 Å². The number of halogens is 1. The summed E-state index contributed by atoms with van der Waals surface area (Å²) in [6, 6.07) is 5.86. The molecule has 0 radical (unpaired) electrons. The van der Waals surface area contributed by atoms with Crippen LogP contribution in [0.2, 0.25) is 5.02 Å². The van der Waals surface area contributed by atoms with Gasteiger partial charge in [0.1, 0.15) is 5.75 Å². The molecule has 0 atom stereocenters. The fraction of sp³-hybridized carbons (Fsp3) is 0.571. The summed E-state index contributed by atoms with van der Waals surface area (Å²) in [6.07, 6.45) is 3.57. The smallest absolute Gasteiger partial charge is 0.137 e. The minimum atomic E-state index is 0.0657. The van der Waals surface area contributed by atoms with Crippen LogP contribution in [-0.2, 0) is 11.3 Å². The largest absolute Gasteiger partial charge is 0.495 e. The highest BCUT2D eigenvalue weighted by Gasteiger charge is 2.36. The normalized spacial score (nSPS) is 17.3. The molecule has 1 aliphatic carbocycles. The molecule has 1 N–H and O–H groups in total. The third-order valence-electron chi connectivity index (χ3n) is 3.69. The van der Waals surface area contributed by atoms with Crippen molar-refractivity contribution in [2.75, 3.05) is 20.8 Å². The van der Waals surface area contributed by atoms with Crippen molar-refractivity contribution in [2.45, 2.75) is 31.4 Å². The van der Waals surface area contributed by atoms with Crippen molar-refractivity contribution in [1.29, 1.82) is 0 Å². The molecule has 3 nitrogen and oxygen atoms in total. The number of ether oxygens (including phenoxy) is 2. The zero-order valence-electron chi connectivity index (χ0n) is 11.0. The second kappa shape index (κ2) is 5.91. The van der Waals surface area contributed by atoms with E-state index >= 15 is 0 Å². The predicted octanol–water partition coefficient (Wildman–Crippen LogP) is 3.01. The highest BCUT2D eigenvalue weighted by atomic mass is 35.5. The van der Waals surface area contributed by atoms with Gasteiger partial charge in [-0.2, -0.15) is 0 Å². The van der Waals surface area contributed by atoms with Gasteiger partial charge in [0.15, 0.2) is 0 Å². The Morgan fingerprint density at radius 3 is 2.61 bits per heavy atom. The Balaban J connectivity index is 1.85. The van der Waals surface area contributed by atoms with E-state index in [0.717, 1.165) is 31.5 Å². The van der Waals surface area contributed by atoms with Crippen LogP contribution in [0.25, 0.3) is 0 Å². The molecule has 0 heterocycles. The maximum absolute atomic E-state index is 6.09. The van der Waals surface area contributed by atoms with Crippen molar-refractivity contribution >= 4 is 11.6 Å². The number of hydrogen-bond acceptors (Lipinski definition) is 3.